The summed E-state index contributed by atoms with van der Waals surface area (Å²) in [5.41, 5.74) is 17.4. The van der Waals surface area contributed by atoms with Crippen LogP contribution in [0.2, 0.25) is 0 Å². The molecule has 0 saturated heterocycles. The molecular weight excluding hydrogens is 703 g/mol. The normalized spacial score (nSPS) is 12.3. The van der Waals surface area contributed by atoms with Crippen LogP contribution < -0.4 is 5.73 Å². The summed E-state index contributed by atoms with van der Waals surface area (Å²) in [6.07, 6.45) is 0. The SMILES string of the molecule is NC(=NC(=NCc1ccc(-c2ccc(-n3c4ccccc4c4cc(-c5nc6ccccc6s5)ccc43)cc2)c2ccccc12)c1ccccc1)c1ccccc1. The summed E-state index contributed by atoms with van der Waals surface area (Å²) in [4.78, 5) is 14.8. The molecule has 0 spiro atoms. The van der Waals surface area contributed by atoms with Crippen LogP contribution in [0.15, 0.2) is 198 Å². The number of para-hydroxylation sites is 2. The van der Waals surface area contributed by atoms with Crippen molar-refractivity contribution in [2.75, 3.05) is 0 Å². The van der Waals surface area contributed by atoms with E-state index in [4.69, 9.17) is 20.7 Å². The fourth-order valence-electron chi connectivity index (χ4n) is 7.65. The first kappa shape index (κ1) is 33.4. The van der Waals surface area contributed by atoms with Gasteiger partial charge in [0.05, 0.1) is 27.8 Å². The van der Waals surface area contributed by atoms with Gasteiger partial charge < -0.3 is 10.3 Å². The van der Waals surface area contributed by atoms with Crippen molar-refractivity contribution in [1.82, 2.24) is 9.55 Å². The highest BCUT2D eigenvalue weighted by Gasteiger charge is 2.16. The topological polar surface area (TPSA) is 68.6 Å². The standard InChI is InChI=1S/C50H35N5S/c51-48(34-13-3-1-4-14-34)54-49(35-15-5-2-6-16-35)52-32-37-25-29-40(41-18-8-7-17-39(37)41)33-23-27-38(28-24-33)55-45-21-11-9-19-42(45)43-31-36(26-30-46(43)55)50-53-44-20-10-12-22-47(44)56-50/h1-31H,32H2,(H2,51,52,54). The number of hydrogen-bond donors (Lipinski definition) is 1. The number of thiazole rings is 1. The number of nitrogens with zero attached hydrogens (tertiary/aromatic N) is 4. The molecule has 0 unspecified atom stereocenters. The van der Waals surface area contributed by atoms with Gasteiger partial charge in [0, 0.05) is 33.2 Å². The highest BCUT2D eigenvalue weighted by Crippen LogP contribution is 2.38. The van der Waals surface area contributed by atoms with Crippen LogP contribution in [-0.4, -0.2) is 21.2 Å². The van der Waals surface area contributed by atoms with Crippen LogP contribution in [0.1, 0.15) is 16.7 Å². The summed E-state index contributed by atoms with van der Waals surface area (Å²) >= 11 is 1.74. The third-order valence-corrected chi connectivity index (χ3v) is 11.5. The van der Waals surface area contributed by atoms with E-state index in [1.807, 2.05) is 66.7 Å². The second-order valence-electron chi connectivity index (χ2n) is 13.8. The Hall–Kier alpha value is -7.15. The van der Waals surface area contributed by atoms with Gasteiger partial charge in [0.25, 0.3) is 0 Å². The number of aromatic nitrogens is 2. The first-order valence-electron chi connectivity index (χ1n) is 18.7. The lowest BCUT2D eigenvalue weighted by Gasteiger charge is -2.13. The predicted molar refractivity (Wildman–Crippen MR) is 236 cm³/mol. The average molecular weight is 738 g/mol. The summed E-state index contributed by atoms with van der Waals surface area (Å²) in [6.45, 7) is 0.462. The first-order chi connectivity index (χ1) is 27.7. The van der Waals surface area contributed by atoms with Crippen molar-refractivity contribution in [3.63, 3.8) is 0 Å². The van der Waals surface area contributed by atoms with E-state index in [-0.39, 0.29) is 0 Å². The Kier molecular flexibility index (Phi) is 8.50. The molecule has 0 radical (unpaired) electrons. The maximum absolute atomic E-state index is 6.48. The Morgan fingerprint density at radius 3 is 1.98 bits per heavy atom. The van der Waals surface area contributed by atoms with E-state index in [2.05, 4.69) is 126 Å². The van der Waals surface area contributed by atoms with Crippen molar-refractivity contribution in [1.29, 1.82) is 0 Å². The molecule has 0 bridgehead atoms. The van der Waals surface area contributed by atoms with Crippen molar-refractivity contribution in [2.45, 2.75) is 6.54 Å². The molecule has 266 valence electrons. The van der Waals surface area contributed by atoms with Gasteiger partial charge in [-0.2, -0.15) is 0 Å². The highest BCUT2D eigenvalue weighted by molar-refractivity contribution is 7.21. The second kappa shape index (κ2) is 14.3. The van der Waals surface area contributed by atoms with Gasteiger partial charge in [-0.15, -0.1) is 11.3 Å². The lowest BCUT2D eigenvalue weighted by atomic mass is 9.95. The molecule has 8 aromatic carbocycles. The van der Waals surface area contributed by atoms with Gasteiger partial charge in [-0.05, 0) is 76.0 Å². The number of aliphatic imine (C=N–C) groups is 2. The van der Waals surface area contributed by atoms with Gasteiger partial charge in [-0.3, -0.25) is 4.99 Å². The molecule has 0 saturated carbocycles. The third kappa shape index (κ3) is 6.12. The molecule has 0 atom stereocenters. The molecule has 0 fully saturated rings. The van der Waals surface area contributed by atoms with Gasteiger partial charge in [-0.25, -0.2) is 9.98 Å². The molecule has 10 rings (SSSR count). The minimum atomic E-state index is 0.437. The Labute approximate surface area is 328 Å². The fraction of sp³-hybridized carbons (Fsp3) is 0.0200. The zero-order valence-electron chi connectivity index (χ0n) is 30.4. The zero-order chi connectivity index (χ0) is 37.4. The Balaban J connectivity index is 0.999. The largest absolute Gasteiger partial charge is 0.383 e. The van der Waals surface area contributed by atoms with Gasteiger partial charge in [0.2, 0.25) is 0 Å². The van der Waals surface area contributed by atoms with Crippen LogP contribution in [0, 0.1) is 0 Å². The molecule has 0 aliphatic heterocycles. The van der Waals surface area contributed by atoms with E-state index < -0.39 is 0 Å². The number of benzene rings is 8. The van der Waals surface area contributed by atoms with E-state index >= 15 is 0 Å². The minimum absolute atomic E-state index is 0.437. The summed E-state index contributed by atoms with van der Waals surface area (Å²) < 4.78 is 3.57. The Morgan fingerprint density at radius 1 is 0.554 bits per heavy atom. The predicted octanol–water partition coefficient (Wildman–Crippen LogP) is 12.2. The van der Waals surface area contributed by atoms with Crippen molar-refractivity contribution < 1.29 is 0 Å². The summed E-state index contributed by atoms with van der Waals surface area (Å²) in [5, 5.41) is 5.83. The molecule has 0 aliphatic carbocycles. The van der Waals surface area contributed by atoms with Gasteiger partial charge in [-0.1, -0.05) is 140 Å². The number of nitrogens with two attached hydrogens (primary N) is 1. The van der Waals surface area contributed by atoms with E-state index in [1.165, 1.54) is 37.5 Å². The zero-order valence-corrected chi connectivity index (χ0v) is 31.2. The summed E-state index contributed by atoms with van der Waals surface area (Å²) in [5.74, 6) is 1.04. The fourth-order valence-corrected chi connectivity index (χ4v) is 8.61. The van der Waals surface area contributed by atoms with E-state index in [1.54, 1.807) is 11.3 Å². The summed E-state index contributed by atoms with van der Waals surface area (Å²) in [6, 6.07) is 65.5. The van der Waals surface area contributed by atoms with Crippen LogP contribution in [0.3, 0.4) is 0 Å². The monoisotopic (exact) mass is 737 g/mol. The van der Waals surface area contributed by atoms with Crippen molar-refractivity contribution >= 4 is 65.8 Å². The molecule has 2 aromatic heterocycles. The van der Waals surface area contributed by atoms with E-state index in [0.29, 0.717) is 18.2 Å². The van der Waals surface area contributed by atoms with Crippen LogP contribution in [0.5, 0.6) is 0 Å². The highest BCUT2D eigenvalue weighted by atomic mass is 32.1. The van der Waals surface area contributed by atoms with Crippen molar-refractivity contribution in [2.24, 2.45) is 15.7 Å². The molecule has 2 N–H and O–H groups in total. The van der Waals surface area contributed by atoms with Crippen LogP contribution in [0.25, 0.3) is 70.2 Å². The Morgan fingerprint density at radius 2 is 1.20 bits per heavy atom. The maximum Gasteiger partial charge on any atom is 0.157 e. The van der Waals surface area contributed by atoms with Gasteiger partial charge >= 0.3 is 0 Å². The lowest BCUT2D eigenvalue weighted by Crippen LogP contribution is -2.16. The average Bonchev–Trinajstić information content (AvgIpc) is 3.85. The second-order valence-corrected chi connectivity index (χ2v) is 14.8. The van der Waals surface area contributed by atoms with Crippen molar-refractivity contribution in [3.8, 4) is 27.4 Å². The number of rotatable bonds is 7. The summed E-state index contributed by atoms with van der Waals surface area (Å²) in [7, 11) is 0. The number of hydrogen-bond acceptors (Lipinski definition) is 3. The molecule has 56 heavy (non-hydrogen) atoms. The molecule has 0 aliphatic rings. The molecule has 2 heterocycles. The van der Waals surface area contributed by atoms with Crippen LogP contribution in [0.4, 0.5) is 0 Å². The first-order valence-corrected chi connectivity index (χ1v) is 19.5. The molecular formula is C50H35N5S. The van der Waals surface area contributed by atoms with Gasteiger partial charge in [0.15, 0.2) is 5.84 Å². The van der Waals surface area contributed by atoms with E-state index in [9.17, 15) is 0 Å². The molecule has 10 aromatic rings. The third-order valence-electron chi connectivity index (χ3n) is 10.4. The minimum Gasteiger partial charge on any atom is -0.383 e. The maximum atomic E-state index is 6.48. The number of fused-ring (bicyclic) bond motifs is 5. The molecule has 6 heteroatoms. The van der Waals surface area contributed by atoms with E-state index in [0.717, 1.165) is 49.4 Å². The Bertz CT molecular complexity index is 3070. The number of amidine groups is 2. The smallest absolute Gasteiger partial charge is 0.157 e. The van der Waals surface area contributed by atoms with Crippen LogP contribution in [-0.2, 0) is 6.54 Å². The molecule has 0 amide bonds. The van der Waals surface area contributed by atoms with Crippen LogP contribution >= 0.6 is 11.3 Å². The van der Waals surface area contributed by atoms with Crippen molar-refractivity contribution in [3.05, 3.63) is 205 Å². The quantitative estimate of drug-likeness (QED) is 0.131. The molecule has 5 nitrogen and oxygen atoms in total. The van der Waals surface area contributed by atoms with Gasteiger partial charge in [0.1, 0.15) is 10.8 Å². The lowest BCUT2D eigenvalue weighted by molar-refractivity contribution is 1.07.